The van der Waals surface area contributed by atoms with Gasteiger partial charge in [-0.1, -0.05) is 18.5 Å². The Morgan fingerprint density at radius 1 is 1.43 bits per heavy atom. The van der Waals surface area contributed by atoms with E-state index in [1.165, 1.54) is 16.5 Å². The number of aromatic nitrogens is 1. The molecule has 2 heteroatoms. The summed E-state index contributed by atoms with van der Waals surface area (Å²) in [5.41, 5.74) is 2.78. The van der Waals surface area contributed by atoms with Crippen molar-refractivity contribution in [3.05, 3.63) is 35.0 Å². The predicted molar refractivity (Wildman–Crippen MR) is 59.8 cm³/mol. The van der Waals surface area contributed by atoms with Gasteiger partial charge in [0.15, 0.2) is 0 Å². The first-order chi connectivity index (χ1) is 6.74. The van der Waals surface area contributed by atoms with E-state index < -0.39 is 0 Å². The van der Waals surface area contributed by atoms with Crippen molar-refractivity contribution in [2.75, 3.05) is 0 Å². The highest BCUT2D eigenvalue weighted by molar-refractivity contribution is 6.31. The number of rotatable bonds is 0. The predicted octanol–water partition coefficient (Wildman–Crippen LogP) is 3.49. The van der Waals surface area contributed by atoms with Crippen LogP contribution in [0.2, 0.25) is 5.02 Å². The molecule has 3 rings (SSSR count). The van der Waals surface area contributed by atoms with Crippen molar-refractivity contribution in [1.82, 2.24) is 4.57 Å². The van der Waals surface area contributed by atoms with Gasteiger partial charge in [-0.15, -0.1) is 0 Å². The third kappa shape index (κ3) is 1.09. The van der Waals surface area contributed by atoms with Crippen molar-refractivity contribution >= 4 is 22.5 Å². The molecule has 1 nitrogen and oxygen atoms in total. The minimum absolute atomic E-state index is 0.719. The van der Waals surface area contributed by atoms with Crippen molar-refractivity contribution in [2.45, 2.75) is 19.9 Å². The lowest BCUT2D eigenvalue weighted by Crippen LogP contribution is -2.15. The molecule has 0 amide bonds. The summed E-state index contributed by atoms with van der Waals surface area (Å²) in [5, 5.41) is 2.14. The number of benzene rings is 1. The molecular weight excluding hydrogens is 194 g/mol. The highest BCUT2D eigenvalue weighted by atomic mass is 35.5. The Kier molecular flexibility index (Phi) is 1.65. The third-order valence-electron chi connectivity index (χ3n) is 2.98. The van der Waals surface area contributed by atoms with Gasteiger partial charge in [0.25, 0.3) is 0 Å². The minimum Gasteiger partial charge on any atom is -0.347 e. The Labute approximate surface area is 88.3 Å². The highest BCUT2D eigenvalue weighted by Crippen LogP contribution is 2.31. The zero-order valence-electron chi connectivity index (χ0n) is 8.13. The summed E-state index contributed by atoms with van der Waals surface area (Å²) in [7, 11) is 0. The fraction of sp³-hybridized carbons (Fsp3) is 0.333. The van der Waals surface area contributed by atoms with E-state index in [0.29, 0.717) is 0 Å². The third-order valence-corrected chi connectivity index (χ3v) is 3.20. The fourth-order valence-corrected chi connectivity index (χ4v) is 2.73. The zero-order valence-corrected chi connectivity index (χ0v) is 8.88. The molecule has 1 unspecified atom stereocenters. The van der Waals surface area contributed by atoms with Crippen molar-refractivity contribution in [2.24, 2.45) is 5.92 Å². The summed E-state index contributed by atoms with van der Waals surface area (Å²) >= 11 is 6.07. The molecule has 0 fully saturated rings. The highest BCUT2D eigenvalue weighted by Gasteiger charge is 2.17. The van der Waals surface area contributed by atoms with Gasteiger partial charge in [-0.25, -0.2) is 0 Å². The molecule has 72 valence electrons. The maximum Gasteiger partial charge on any atom is 0.0514 e. The maximum atomic E-state index is 6.07. The standard InChI is InChI=1S/C12H12ClN/c1-8-4-10-6-11(13)5-9-2-3-14(7-8)12(9)10/h2-3,5-6,8H,4,7H2,1H3. The lowest BCUT2D eigenvalue weighted by atomic mass is 9.96. The quantitative estimate of drug-likeness (QED) is 0.621. The Balaban J connectivity index is 2.38. The number of halogens is 1. The molecule has 1 atom stereocenters. The zero-order chi connectivity index (χ0) is 9.71. The molecule has 1 aliphatic rings. The SMILES string of the molecule is CC1Cc2cc(Cl)cc3ccn(c23)C1. The number of nitrogens with zero attached hydrogens (tertiary/aromatic N) is 1. The molecule has 2 aromatic rings. The van der Waals surface area contributed by atoms with Crippen LogP contribution in [0.1, 0.15) is 12.5 Å². The second-order valence-corrected chi connectivity index (χ2v) is 4.72. The summed E-state index contributed by atoms with van der Waals surface area (Å²) in [6.07, 6.45) is 3.32. The molecule has 0 bridgehead atoms. The molecule has 14 heavy (non-hydrogen) atoms. The van der Waals surface area contributed by atoms with Crippen molar-refractivity contribution in [1.29, 1.82) is 0 Å². The Morgan fingerprint density at radius 3 is 3.14 bits per heavy atom. The minimum atomic E-state index is 0.719. The van der Waals surface area contributed by atoms with Crippen LogP contribution in [-0.2, 0) is 13.0 Å². The monoisotopic (exact) mass is 205 g/mol. The van der Waals surface area contributed by atoms with Crippen LogP contribution in [-0.4, -0.2) is 4.57 Å². The largest absolute Gasteiger partial charge is 0.347 e. The molecule has 1 aliphatic heterocycles. The molecule has 1 aromatic heterocycles. The Hall–Kier alpha value is -0.950. The molecule has 0 radical (unpaired) electrons. The van der Waals surface area contributed by atoms with E-state index in [1.807, 2.05) is 6.07 Å². The van der Waals surface area contributed by atoms with E-state index in [1.54, 1.807) is 0 Å². The van der Waals surface area contributed by atoms with E-state index in [9.17, 15) is 0 Å². The van der Waals surface area contributed by atoms with Crippen LogP contribution in [0.4, 0.5) is 0 Å². The topological polar surface area (TPSA) is 4.93 Å². The van der Waals surface area contributed by atoms with E-state index in [0.717, 1.165) is 23.9 Å². The first-order valence-electron chi connectivity index (χ1n) is 5.01. The molecule has 0 saturated carbocycles. The first kappa shape index (κ1) is 8.37. The van der Waals surface area contributed by atoms with Gasteiger partial charge < -0.3 is 4.57 Å². The number of hydrogen-bond donors (Lipinski definition) is 0. The van der Waals surface area contributed by atoms with Crippen LogP contribution in [0.3, 0.4) is 0 Å². The summed E-state index contributed by atoms with van der Waals surface area (Å²) in [5.74, 6) is 0.719. The van der Waals surface area contributed by atoms with Crippen molar-refractivity contribution in [3.63, 3.8) is 0 Å². The lowest BCUT2D eigenvalue weighted by Gasteiger charge is -2.21. The summed E-state index contributed by atoms with van der Waals surface area (Å²) in [6.45, 7) is 3.42. The summed E-state index contributed by atoms with van der Waals surface area (Å²) < 4.78 is 2.34. The molecule has 0 aliphatic carbocycles. The molecule has 0 spiro atoms. The normalized spacial score (nSPS) is 20.3. The molecule has 0 N–H and O–H groups in total. The Bertz CT molecular complexity index is 498. The van der Waals surface area contributed by atoms with Crippen molar-refractivity contribution < 1.29 is 0 Å². The van der Waals surface area contributed by atoms with Crippen LogP contribution in [0.15, 0.2) is 24.4 Å². The lowest BCUT2D eigenvalue weighted by molar-refractivity contribution is 0.471. The maximum absolute atomic E-state index is 6.07. The van der Waals surface area contributed by atoms with Crippen LogP contribution in [0, 0.1) is 5.92 Å². The summed E-state index contributed by atoms with van der Waals surface area (Å²) in [4.78, 5) is 0. The van der Waals surface area contributed by atoms with Crippen LogP contribution < -0.4 is 0 Å². The smallest absolute Gasteiger partial charge is 0.0514 e. The van der Waals surface area contributed by atoms with Gasteiger partial charge in [0.2, 0.25) is 0 Å². The van der Waals surface area contributed by atoms with E-state index in [2.05, 4.69) is 29.8 Å². The average Bonchev–Trinajstić information content (AvgIpc) is 2.48. The molecular formula is C12H12ClN. The van der Waals surface area contributed by atoms with Gasteiger partial charge in [0.1, 0.15) is 0 Å². The van der Waals surface area contributed by atoms with Gasteiger partial charge in [-0.05, 0) is 36.1 Å². The fourth-order valence-electron chi connectivity index (χ4n) is 2.48. The second kappa shape index (κ2) is 2.77. The number of hydrogen-bond acceptors (Lipinski definition) is 0. The van der Waals surface area contributed by atoms with Gasteiger partial charge in [-0.2, -0.15) is 0 Å². The van der Waals surface area contributed by atoms with E-state index in [-0.39, 0.29) is 0 Å². The molecule has 1 aromatic carbocycles. The van der Waals surface area contributed by atoms with Gasteiger partial charge in [-0.3, -0.25) is 0 Å². The average molecular weight is 206 g/mol. The second-order valence-electron chi connectivity index (χ2n) is 4.28. The van der Waals surface area contributed by atoms with E-state index >= 15 is 0 Å². The van der Waals surface area contributed by atoms with Crippen LogP contribution >= 0.6 is 11.6 Å². The molecule has 0 saturated heterocycles. The van der Waals surface area contributed by atoms with Gasteiger partial charge in [0.05, 0.1) is 5.52 Å². The molecule has 2 heterocycles. The van der Waals surface area contributed by atoms with E-state index in [4.69, 9.17) is 11.6 Å². The summed E-state index contributed by atoms with van der Waals surface area (Å²) in [6, 6.07) is 6.31. The van der Waals surface area contributed by atoms with Crippen LogP contribution in [0.25, 0.3) is 10.9 Å². The first-order valence-corrected chi connectivity index (χ1v) is 5.39. The Morgan fingerprint density at radius 2 is 2.29 bits per heavy atom. The van der Waals surface area contributed by atoms with Crippen LogP contribution in [0.5, 0.6) is 0 Å². The van der Waals surface area contributed by atoms with Gasteiger partial charge in [0, 0.05) is 23.2 Å². The van der Waals surface area contributed by atoms with Crippen molar-refractivity contribution in [3.8, 4) is 0 Å². The van der Waals surface area contributed by atoms with Gasteiger partial charge >= 0.3 is 0 Å².